The molecule has 6 nitrogen and oxygen atoms in total. The summed E-state index contributed by atoms with van der Waals surface area (Å²) in [7, 11) is 1.51. The van der Waals surface area contributed by atoms with Crippen molar-refractivity contribution in [2.75, 3.05) is 25.6 Å². The minimum atomic E-state index is -0.150. The number of nitrogens with one attached hydrogen (secondary N) is 1. The van der Waals surface area contributed by atoms with E-state index in [9.17, 15) is 4.79 Å². The summed E-state index contributed by atoms with van der Waals surface area (Å²) < 4.78 is 16.1. The number of aromatic nitrogens is 1. The molecular weight excluding hydrogens is 284 g/mol. The third-order valence-corrected chi connectivity index (χ3v) is 3.21. The van der Waals surface area contributed by atoms with Crippen LogP contribution in [0.3, 0.4) is 0 Å². The van der Waals surface area contributed by atoms with E-state index in [0.717, 1.165) is 5.56 Å². The average molecular weight is 300 g/mol. The van der Waals surface area contributed by atoms with Gasteiger partial charge in [-0.2, -0.15) is 0 Å². The van der Waals surface area contributed by atoms with Crippen molar-refractivity contribution < 1.29 is 19.0 Å². The average Bonchev–Trinajstić information content (AvgIpc) is 2.55. The highest BCUT2D eigenvalue weighted by Gasteiger charge is 2.14. The Kier molecular flexibility index (Phi) is 4.09. The maximum absolute atomic E-state index is 12.2. The number of nitrogens with zero attached hydrogens (tertiary/aromatic N) is 1. The monoisotopic (exact) mass is 300 g/mol. The molecule has 0 radical (unpaired) electrons. The Morgan fingerprint density at radius 2 is 2.09 bits per heavy atom. The van der Waals surface area contributed by atoms with Gasteiger partial charge >= 0.3 is 0 Å². The van der Waals surface area contributed by atoms with E-state index >= 15 is 0 Å². The quantitative estimate of drug-likeness (QED) is 0.935. The van der Waals surface area contributed by atoms with Gasteiger partial charge in [-0.05, 0) is 29.8 Å². The Hall–Kier alpha value is -2.76. The maximum Gasteiger partial charge on any atom is 0.237 e. The van der Waals surface area contributed by atoms with Crippen molar-refractivity contribution in [1.82, 2.24) is 4.98 Å². The van der Waals surface area contributed by atoms with Gasteiger partial charge < -0.3 is 19.5 Å². The van der Waals surface area contributed by atoms with E-state index in [1.807, 2.05) is 18.2 Å². The van der Waals surface area contributed by atoms with Crippen LogP contribution in [0, 0.1) is 0 Å². The van der Waals surface area contributed by atoms with E-state index in [2.05, 4.69) is 10.3 Å². The minimum absolute atomic E-state index is 0.150. The number of hydrogen-bond donors (Lipinski definition) is 1. The van der Waals surface area contributed by atoms with Crippen LogP contribution in [0.15, 0.2) is 36.5 Å². The van der Waals surface area contributed by atoms with Crippen LogP contribution in [0.1, 0.15) is 5.56 Å². The van der Waals surface area contributed by atoms with Crippen molar-refractivity contribution in [3.05, 3.63) is 42.1 Å². The van der Waals surface area contributed by atoms with Gasteiger partial charge in [0, 0.05) is 6.20 Å². The van der Waals surface area contributed by atoms with Gasteiger partial charge in [0.2, 0.25) is 11.8 Å². The fourth-order valence-corrected chi connectivity index (χ4v) is 2.23. The molecule has 0 unspecified atom stereocenters. The van der Waals surface area contributed by atoms with Gasteiger partial charge in [-0.25, -0.2) is 4.98 Å². The molecule has 1 N–H and O–H groups in total. The minimum Gasteiger partial charge on any atom is -0.486 e. The lowest BCUT2D eigenvalue weighted by atomic mass is 10.1. The SMILES string of the molecule is COc1ncccc1NC(=O)Cc1ccc2c(c1)OCCO2. The van der Waals surface area contributed by atoms with E-state index in [1.165, 1.54) is 7.11 Å². The third-order valence-electron chi connectivity index (χ3n) is 3.21. The molecule has 0 atom stereocenters. The van der Waals surface area contributed by atoms with Gasteiger partial charge in [0.25, 0.3) is 0 Å². The van der Waals surface area contributed by atoms with Crippen LogP contribution in [0.25, 0.3) is 0 Å². The van der Waals surface area contributed by atoms with Crippen molar-refractivity contribution in [3.8, 4) is 17.4 Å². The van der Waals surface area contributed by atoms with Crippen molar-refractivity contribution in [1.29, 1.82) is 0 Å². The zero-order valence-electron chi connectivity index (χ0n) is 12.2. The summed E-state index contributed by atoms with van der Waals surface area (Å²) >= 11 is 0. The number of benzene rings is 1. The zero-order chi connectivity index (χ0) is 15.4. The largest absolute Gasteiger partial charge is 0.486 e. The maximum atomic E-state index is 12.2. The molecule has 0 aliphatic carbocycles. The van der Waals surface area contributed by atoms with Crippen molar-refractivity contribution in [2.24, 2.45) is 0 Å². The zero-order valence-corrected chi connectivity index (χ0v) is 12.2. The summed E-state index contributed by atoms with van der Waals surface area (Å²) in [5.41, 5.74) is 1.40. The van der Waals surface area contributed by atoms with Crippen LogP contribution in [-0.4, -0.2) is 31.2 Å². The number of hydrogen-bond acceptors (Lipinski definition) is 5. The second-order valence-electron chi connectivity index (χ2n) is 4.76. The predicted octanol–water partition coefficient (Wildman–Crippen LogP) is 2.04. The molecule has 0 saturated carbocycles. The van der Waals surface area contributed by atoms with E-state index < -0.39 is 0 Å². The molecule has 0 spiro atoms. The molecule has 0 fully saturated rings. The first-order chi connectivity index (χ1) is 10.8. The lowest BCUT2D eigenvalue weighted by Gasteiger charge is -2.18. The number of ether oxygens (including phenoxy) is 3. The standard InChI is InChI=1S/C16H16N2O4/c1-20-16-12(3-2-6-17-16)18-15(19)10-11-4-5-13-14(9-11)22-8-7-21-13/h2-6,9H,7-8,10H2,1H3,(H,18,19). The number of methoxy groups -OCH3 is 1. The highest BCUT2D eigenvalue weighted by Crippen LogP contribution is 2.31. The number of rotatable bonds is 4. The summed E-state index contributed by atoms with van der Waals surface area (Å²) in [6.07, 6.45) is 1.84. The van der Waals surface area contributed by atoms with E-state index in [1.54, 1.807) is 18.3 Å². The van der Waals surface area contributed by atoms with Gasteiger partial charge in [-0.3, -0.25) is 4.79 Å². The van der Waals surface area contributed by atoms with Crippen molar-refractivity contribution in [2.45, 2.75) is 6.42 Å². The second-order valence-corrected chi connectivity index (χ2v) is 4.76. The van der Waals surface area contributed by atoms with Crippen molar-refractivity contribution >= 4 is 11.6 Å². The fraction of sp³-hybridized carbons (Fsp3) is 0.250. The van der Waals surface area contributed by atoms with Crippen LogP contribution in [0.5, 0.6) is 17.4 Å². The first-order valence-electron chi connectivity index (χ1n) is 6.93. The second kappa shape index (κ2) is 6.34. The van der Waals surface area contributed by atoms with Crippen molar-refractivity contribution in [3.63, 3.8) is 0 Å². The molecule has 3 rings (SSSR count). The van der Waals surface area contributed by atoms with Crippen LogP contribution in [0.2, 0.25) is 0 Å². The molecule has 22 heavy (non-hydrogen) atoms. The number of anilines is 1. The summed E-state index contributed by atoms with van der Waals surface area (Å²) in [6.45, 7) is 1.07. The lowest BCUT2D eigenvalue weighted by molar-refractivity contribution is -0.115. The van der Waals surface area contributed by atoms with Gasteiger partial charge in [-0.15, -0.1) is 0 Å². The van der Waals surface area contributed by atoms with Crippen LogP contribution in [0.4, 0.5) is 5.69 Å². The van der Waals surface area contributed by atoms with E-state index in [0.29, 0.717) is 36.3 Å². The molecule has 1 aliphatic rings. The molecule has 2 heterocycles. The van der Waals surface area contributed by atoms with Gasteiger partial charge in [0.05, 0.1) is 13.5 Å². The van der Waals surface area contributed by atoms with Crippen LogP contribution in [-0.2, 0) is 11.2 Å². The highest BCUT2D eigenvalue weighted by atomic mass is 16.6. The first kappa shape index (κ1) is 14.2. The molecule has 1 aliphatic heterocycles. The first-order valence-corrected chi connectivity index (χ1v) is 6.93. The predicted molar refractivity (Wildman–Crippen MR) is 80.6 cm³/mol. The number of amides is 1. The molecular formula is C16H16N2O4. The van der Waals surface area contributed by atoms with Gasteiger partial charge in [0.1, 0.15) is 18.9 Å². The smallest absolute Gasteiger partial charge is 0.237 e. The Morgan fingerprint density at radius 3 is 2.91 bits per heavy atom. The highest BCUT2D eigenvalue weighted by molar-refractivity contribution is 5.93. The Morgan fingerprint density at radius 1 is 1.27 bits per heavy atom. The van der Waals surface area contributed by atoms with Crippen LogP contribution < -0.4 is 19.5 Å². The molecule has 2 aromatic rings. The molecule has 0 saturated heterocycles. The van der Waals surface area contributed by atoms with Gasteiger partial charge in [-0.1, -0.05) is 6.07 Å². The molecule has 6 heteroatoms. The molecule has 1 amide bonds. The molecule has 1 aromatic heterocycles. The Labute approximate surface area is 128 Å². The van der Waals surface area contributed by atoms with Crippen LogP contribution >= 0.6 is 0 Å². The number of carbonyl (C=O) groups excluding carboxylic acids is 1. The molecule has 0 bridgehead atoms. The fourth-order valence-electron chi connectivity index (χ4n) is 2.23. The number of fused-ring (bicyclic) bond motifs is 1. The summed E-state index contributed by atoms with van der Waals surface area (Å²) in [6, 6.07) is 8.99. The Balaban J connectivity index is 1.69. The molecule has 114 valence electrons. The summed E-state index contributed by atoms with van der Waals surface area (Å²) in [5, 5.41) is 2.79. The number of carbonyl (C=O) groups is 1. The topological polar surface area (TPSA) is 69.7 Å². The summed E-state index contributed by atoms with van der Waals surface area (Å²) in [4.78, 5) is 16.2. The Bertz CT molecular complexity index is 688. The van der Waals surface area contributed by atoms with Gasteiger partial charge in [0.15, 0.2) is 11.5 Å². The normalized spacial score (nSPS) is 12.6. The van der Waals surface area contributed by atoms with E-state index in [4.69, 9.17) is 14.2 Å². The summed E-state index contributed by atoms with van der Waals surface area (Å²) in [5.74, 6) is 1.63. The van der Waals surface area contributed by atoms with E-state index in [-0.39, 0.29) is 12.3 Å². The number of pyridine rings is 1. The third kappa shape index (κ3) is 3.11. The molecule has 1 aromatic carbocycles. The lowest BCUT2D eigenvalue weighted by Crippen LogP contribution is -2.17.